The third-order valence-electron chi connectivity index (χ3n) is 4.68. The van der Waals surface area contributed by atoms with Crippen LogP contribution in [0.3, 0.4) is 0 Å². The number of benzene rings is 2. The molecule has 2 heterocycles. The van der Waals surface area contributed by atoms with Gasteiger partial charge in [0.25, 0.3) is 0 Å². The molecule has 1 atom stereocenters. The number of nitrogens with zero attached hydrogens (tertiary/aromatic N) is 2. The molecule has 142 valence electrons. The number of amides is 2. The van der Waals surface area contributed by atoms with Gasteiger partial charge in [0, 0.05) is 22.6 Å². The maximum atomic E-state index is 12.7. The molecule has 2 aromatic carbocycles. The first kappa shape index (κ1) is 18.6. The van der Waals surface area contributed by atoms with E-state index in [0.717, 1.165) is 20.9 Å². The van der Waals surface area contributed by atoms with Crippen LogP contribution in [0.5, 0.6) is 0 Å². The van der Waals surface area contributed by atoms with Gasteiger partial charge >= 0.3 is 11.8 Å². The van der Waals surface area contributed by atoms with Crippen LogP contribution in [0.4, 0.5) is 5.69 Å². The SMILES string of the molecule is O=C(Nc1cccc2ncccc12)C(=O)N1CCO[C@@H](c2ccc(Br)cc2)C1. The molecule has 0 spiro atoms. The first-order valence-corrected chi connectivity index (χ1v) is 9.72. The van der Waals surface area contributed by atoms with Crippen LogP contribution in [-0.2, 0) is 14.3 Å². The van der Waals surface area contributed by atoms with E-state index in [1.165, 1.54) is 4.90 Å². The monoisotopic (exact) mass is 439 g/mol. The third-order valence-corrected chi connectivity index (χ3v) is 5.21. The van der Waals surface area contributed by atoms with Crippen LogP contribution in [0.25, 0.3) is 10.9 Å². The molecule has 1 N–H and O–H groups in total. The van der Waals surface area contributed by atoms with E-state index in [9.17, 15) is 9.59 Å². The van der Waals surface area contributed by atoms with Crippen molar-refractivity contribution in [2.45, 2.75) is 6.10 Å². The van der Waals surface area contributed by atoms with Crippen molar-refractivity contribution in [1.82, 2.24) is 9.88 Å². The Bertz CT molecular complexity index is 1020. The van der Waals surface area contributed by atoms with Crippen LogP contribution in [0.15, 0.2) is 65.3 Å². The Balaban J connectivity index is 1.47. The van der Waals surface area contributed by atoms with Gasteiger partial charge in [-0.15, -0.1) is 0 Å². The lowest BCUT2D eigenvalue weighted by atomic mass is 10.1. The second-order valence-electron chi connectivity index (χ2n) is 6.49. The Hall–Kier alpha value is -2.77. The zero-order valence-corrected chi connectivity index (χ0v) is 16.6. The molecule has 0 saturated carbocycles. The molecule has 2 amide bonds. The van der Waals surface area contributed by atoms with Gasteiger partial charge in [-0.05, 0) is 42.0 Å². The van der Waals surface area contributed by atoms with Crippen molar-refractivity contribution < 1.29 is 14.3 Å². The average Bonchev–Trinajstić information content (AvgIpc) is 2.74. The number of hydrogen-bond donors (Lipinski definition) is 1. The van der Waals surface area contributed by atoms with Crippen molar-refractivity contribution in [1.29, 1.82) is 0 Å². The quantitative estimate of drug-likeness (QED) is 0.619. The number of ether oxygens (including phenoxy) is 1. The Kier molecular flexibility index (Phi) is 5.36. The number of pyridine rings is 1. The van der Waals surface area contributed by atoms with Gasteiger partial charge < -0.3 is 15.0 Å². The van der Waals surface area contributed by atoms with Gasteiger partial charge in [-0.2, -0.15) is 0 Å². The summed E-state index contributed by atoms with van der Waals surface area (Å²) >= 11 is 3.41. The van der Waals surface area contributed by atoms with Crippen molar-refractivity contribution in [3.05, 3.63) is 70.8 Å². The van der Waals surface area contributed by atoms with Gasteiger partial charge in [0.2, 0.25) is 0 Å². The number of nitrogens with one attached hydrogen (secondary N) is 1. The fraction of sp³-hybridized carbons (Fsp3) is 0.190. The van der Waals surface area contributed by atoms with Crippen LogP contribution in [0, 0.1) is 0 Å². The van der Waals surface area contributed by atoms with Crippen LogP contribution < -0.4 is 5.32 Å². The fourth-order valence-corrected chi connectivity index (χ4v) is 3.51. The summed E-state index contributed by atoms with van der Waals surface area (Å²) in [6.07, 6.45) is 1.44. The molecule has 7 heteroatoms. The van der Waals surface area contributed by atoms with E-state index < -0.39 is 11.8 Å². The van der Waals surface area contributed by atoms with Crippen molar-refractivity contribution in [3.8, 4) is 0 Å². The summed E-state index contributed by atoms with van der Waals surface area (Å²) in [5.41, 5.74) is 2.30. The number of rotatable bonds is 2. The smallest absolute Gasteiger partial charge is 0.313 e. The van der Waals surface area contributed by atoms with Crippen LogP contribution in [0.1, 0.15) is 11.7 Å². The van der Waals surface area contributed by atoms with E-state index in [-0.39, 0.29) is 6.10 Å². The van der Waals surface area contributed by atoms with Crippen molar-refractivity contribution in [2.75, 3.05) is 25.0 Å². The van der Waals surface area contributed by atoms with Gasteiger partial charge in [0.1, 0.15) is 6.10 Å². The molecule has 0 aliphatic carbocycles. The summed E-state index contributed by atoms with van der Waals surface area (Å²) in [6.45, 7) is 1.11. The minimum absolute atomic E-state index is 0.250. The number of fused-ring (bicyclic) bond motifs is 1. The van der Waals surface area contributed by atoms with E-state index in [0.29, 0.717) is 25.4 Å². The Morgan fingerprint density at radius 2 is 1.93 bits per heavy atom. The minimum atomic E-state index is -0.659. The molecular weight excluding hydrogens is 422 g/mol. The highest BCUT2D eigenvalue weighted by molar-refractivity contribution is 9.10. The largest absolute Gasteiger partial charge is 0.370 e. The van der Waals surface area contributed by atoms with Gasteiger partial charge in [-0.25, -0.2) is 0 Å². The molecule has 1 aliphatic heterocycles. The number of hydrogen-bond acceptors (Lipinski definition) is 4. The summed E-state index contributed by atoms with van der Waals surface area (Å²) in [5.74, 6) is -1.22. The van der Waals surface area contributed by atoms with Gasteiger partial charge in [-0.3, -0.25) is 14.6 Å². The molecule has 28 heavy (non-hydrogen) atoms. The summed E-state index contributed by atoms with van der Waals surface area (Å²) in [4.78, 5) is 31.1. The lowest BCUT2D eigenvalue weighted by Gasteiger charge is -2.32. The topological polar surface area (TPSA) is 71.5 Å². The molecular formula is C21H18BrN3O3. The summed E-state index contributed by atoms with van der Waals surface area (Å²) < 4.78 is 6.77. The van der Waals surface area contributed by atoms with Crippen molar-refractivity contribution in [3.63, 3.8) is 0 Å². The molecule has 0 radical (unpaired) electrons. The average molecular weight is 440 g/mol. The van der Waals surface area contributed by atoms with Gasteiger partial charge in [0.15, 0.2) is 0 Å². The lowest BCUT2D eigenvalue weighted by molar-refractivity contribution is -0.148. The van der Waals surface area contributed by atoms with E-state index >= 15 is 0 Å². The highest BCUT2D eigenvalue weighted by atomic mass is 79.9. The zero-order chi connectivity index (χ0) is 19.5. The first-order valence-electron chi connectivity index (χ1n) is 8.93. The molecule has 3 aromatic rings. The second-order valence-corrected chi connectivity index (χ2v) is 7.41. The molecule has 0 bridgehead atoms. The Morgan fingerprint density at radius 3 is 2.75 bits per heavy atom. The van der Waals surface area contributed by atoms with E-state index in [1.54, 1.807) is 24.4 Å². The summed E-state index contributed by atoms with van der Waals surface area (Å²) in [6, 6.07) is 16.8. The summed E-state index contributed by atoms with van der Waals surface area (Å²) in [5, 5.41) is 3.52. The minimum Gasteiger partial charge on any atom is -0.370 e. The van der Waals surface area contributed by atoms with E-state index in [2.05, 4.69) is 26.2 Å². The first-order chi connectivity index (χ1) is 13.6. The number of halogens is 1. The standard InChI is InChI=1S/C21H18BrN3O3/c22-15-8-6-14(7-9-15)19-13-25(11-12-28-19)21(27)20(26)24-18-5-1-4-17-16(18)3-2-10-23-17/h1-10,19H,11-13H2,(H,24,26)/t19-/m1/s1. The predicted molar refractivity (Wildman–Crippen MR) is 110 cm³/mol. The highest BCUT2D eigenvalue weighted by Crippen LogP contribution is 2.25. The van der Waals surface area contributed by atoms with E-state index in [1.807, 2.05) is 36.4 Å². The molecule has 1 aliphatic rings. The van der Waals surface area contributed by atoms with Crippen molar-refractivity contribution in [2.24, 2.45) is 0 Å². The maximum absolute atomic E-state index is 12.7. The highest BCUT2D eigenvalue weighted by Gasteiger charge is 2.29. The number of aromatic nitrogens is 1. The third kappa shape index (κ3) is 3.90. The normalized spacial score (nSPS) is 16.8. The number of carbonyl (C=O) groups excluding carboxylic acids is 2. The molecule has 4 rings (SSSR count). The number of anilines is 1. The van der Waals surface area contributed by atoms with Gasteiger partial charge in [0.05, 0.1) is 24.4 Å². The number of morpholine rings is 1. The van der Waals surface area contributed by atoms with Crippen LogP contribution in [0.2, 0.25) is 0 Å². The Morgan fingerprint density at radius 1 is 1.11 bits per heavy atom. The van der Waals surface area contributed by atoms with Crippen molar-refractivity contribution >= 4 is 44.3 Å². The zero-order valence-electron chi connectivity index (χ0n) is 15.0. The molecule has 0 unspecified atom stereocenters. The molecule has 1 fully saturated rings. The summed E-state index contributed by atoms with van der Waals surface area (Å²) in [7, 11) is 0. The second kappa shape index (κ2) is 8.08. The molecule has 1 aromatic heterocycles. The predicted octanol–water partition coefficient (Wildman–Crippen LogP) is 3.54. The number of carbonyl (C=O) groups is 2. The molecule has 1 saturated heterocycles. The van der Waals surface area contributed by atoms with Crippen LogP contribution >= 0.6 is 15.9 Å². The fourth-order valence-electron chi connectivity index (χ4n) is 3.24. The van der Waals surface area contributed by atoms with E-state index in [4.69, 9.17) is 4.74 Å². The molecule has 6 nitrogen and oxygen atoms in total. The van der Waals surface area contributed by atoms with Gasteiger partial charge in [-0.1, -0.05) is 34.1 Å². The maximum Gasteiger partial charge on any atom is 0.313 e. The Labute approximate surface area is 170 Å². The lowest BCUT2D eigenvalue weighted by Crippen LogP contribution is -2.46. The van der Waals surface area contributed by atoms with Crippen LogP contribution in [-0.4, -0.2) is 41.4 Å².